The molecular formula is C13H15F3N2O. The SMILES string of the molecule is Nc1ccc2c(c1)CCCC(=O)N2CCC(F)(F)F. The number of nitrogen functional groups attached to an aromatic ring is 1. The van der Waals surface area contributed by atoms with Crippen molar-refractivity contribution >= 4 is 17.3 Å². The van der Waals surface area contributed by atoms with Crippen LogP contribution in [0.15, 0.2) is 18.2 Å². The van der Waals surface area contributed by atoms with Gasteiger partial charge in [0.15, 0.2) is 0 Å². The summed E-state index contributed by atoms with van der Waals surface area (Å²) in [6, 6.07) is 4.97. The summed E-state index contributed by atoms with van der Waals surface area (Å²) >= 11 is 0. The van der Waals surface area contributed by atoms with Gasteiger partial charge in [-0.15, -0.1) is 0 Å². The first-order valence-corrected chi connectivity index (χ1v) is 6.12. The number of fused-ring (bicyclic) bond motifs is 1. The van der Waals surface area contributed by atoms with Crippen LogP contribution in [0, 0.1) is 0 Å². The number of hydrogen-bond acceptors (Lipinski definition) is 2. The highest BCUT2D eigenvalue weighted by Gasteiger charge is 2.30. The zero-order chi connectivity index (χ0) is 14.0. The highest BCUT2D eigenvalue weighted by molar-refractivity contribution is 5.95. The third kappa shape index (κ3) is 3.39. The van der Waals surface area contributed by atoms with Gasteiger partial charge in [0.1, 0.15) is 0 Å². The molecule has 1 heterocycles. The van der Waals surface area contributed by atoms with Gasteiger partial charge in [-0.3, -0.25) is 4.79 Å². The molecule has 1 aromatic rings. The zero-order valence-electron chi connectivity index (χ0n) is 10.3. The van der Waals surface area contributed by atoms with Gasteiger partial charge in [0, 0.05) is 24.3 Å². The fraction of sp³-hybridized carbons (Fsp3) is 0.462. The molecule has 19 heavy (non-hydrogen) atoms. The number of nitrogens with two attached hydrogens (primary N) is 1. The van der Waals surface area contributed by atoms with Crippen molar-refractivity contribution in [3.63, 3.8) is 0 Å². The summed E-state index contributed by atoms with van der Waals surface area (Å²) in [5, 5.41) is 0. The molecule has 0 atom stereocenters. The number of rotatable bonds is 2. The van der Waals surface area contributed by atoms with E-state index in [1.54, 1.807) is 18.2 Å². The highest BCUT2D eigenvalue weighted by Crippen LogP contribution is 2.30. The molecule has 0 radical (unpaired) electrons. The average molecular weight is 272 g/mol. The van der Waals surface area contributed by atoms with Crippen LogP contribution in [0.3, 0.4) is 0 Å². The average Bonchev–Trinajstić information content (AvgIpc) is 2.44. The number of benzene rings is 1. The van der Waals surface area contributed by atoms with Crippen LogP contribution in [0.5, 0.6) is 0 Å². The van der Waals surface area contributed by atoms with Crippen LogP contribution in [-0.2, 0) is 11.2 Å². The largest absolute Gasteiger partial charge is 0.399 e. The minimum absolute atomic E-state index is 0.257. The van der Waals surface area contributed by atoms with Gasteiger partial charge in [0.2, 0.25) is 5.91 Å². The van der Waals surface area contributed by atoms with Crippen molar-refractivity contribution in [3.05, 3.63) is 23.8 Å². The second-order valence-corrected chi connectivity index (χ2v) is 4.65. The van der Waals surface area contributed by atoms with E-state index in [2.05, 4.69) is 0 Å². The quantitative estimate of drug-likeness (QED) is 0.841. The topological polar surface area (TPSA) is 46.3 Å². The second-order valence-electron chi connectivity index (χ2n) is 4.65. The molecule has 3 nitrogen and oxygen atoms in total. The zero-order valence-corrected chi connectivity index (χ0v) is 10.3. The maximum Gasteiger partial charge on any atom is 0.390 e. The standard InChI is InChI=1S/C13H15F3N2O/c14-13(15,16)6-7-18-11-5-4-10(17)8-9(11)2-1-3-12(18)19/h4-5,8H,1-3,6-7,17H2. The lowest BCUT2D eigenvalue weighted by atomic mass is 10.1. The van der Waals surface area contributed by atoms with E-state index in [4.69, 9.17) is 5.73 Å². The Morgan fingerprint density at radius 1 is 1.26 bits per heavy atom. The number of carbonyl (C=O) groups is 1. The van der Waals surface area contributed by atoms with E-state index >= 15 is 0 Å². The van der Waals surface area contributed by atoms with Crippen molar-refractivity contribution in [1.82, 2.24) is 0 Å². The molecule has 2 N–H and O–H groups in total. The van der Waals surface area contributed by atoms with Gasteiger partial charge in [-0.25, -0.2) is 0 Å². The van der Waals surface area contributed by atoms with E-state index in [0.29, 0.717) is 24.2 Å². The Kier molecular flexibility index (Phi) is 3.68. The van der Waals surface area contributed by atoms with Crippen molar-refractivity contribution in [2.45, 2.75) is 31.9 Å². The van der Waals surface area contributed by atoms with Crippen molar-refractivity contribution in [3.8, 4) is 0 Å². The first-order valence-electron chi connectivity index (χ1n) is 6.12. The molecule has 0 fully saturated rings. The maximum atomic E-state index is 12.3. The summed E-state index contributed by atoms with van der Waals surface area (Å²) in [6.07, 6.45) is -3.69. The third-order valence-corrected chi connectivity index (χ3v) is 3.15. The van der Waals surface area contributed by atoms with E-state index in [9.17, 15) is 18.0 Å². The Balaban J connectivity index is 2.27. The fourth-order valence-corrected chi connectivity index (χ4v) is 2.25. The van der Waals surface area contributed by atoms with Gasteiger partial charge in [0.05, 0.1) is 6.42 Å². The van der Waals surface area contributed by atoms with Crippen LogP contribution < -0.4 is 10.6 Å². The molecule has 0 saturated carbocycles. The molecule has 1 aliphatic heterocycles. The molecule has 0 unspecified atom stereocenters. The third-order valence-electron chi connectivity index (χ3n) is 3.15. The van der Waals surface area contributed by atoms with Crippen molar-refractivity contribution in [2.75, 3.05) is 17.2 Å². The smallest absolute Gasteiger partial charge is 0.390 e. The molecule has 1 aliphatic rings. The molecule has 2 rings (SSSR count). The normalized spacial score (nSPS) is 16.2. The van der Waals surface area contributed by atoms with Gasteiger partial charge in [0.25, 0.3) is 0 Å². The minimum atomic E-state index is -4.26. The number of amides is 1. The van der Waals surface area contributed by atoms with Crippen LogP contribution in [0.25, 0.3) is 0 Å². The molecular weight excluding hydrogens is 257 g/mol. The van der Waals surface area contributed by atoms with E-state index in [1.165, 1.54) is 4.90 Å². The van der Waals surface area contributed by atoms with E-state index in [1.807, 2.05) is 0 Å². The summed E-state index contributed by atoms with van der Waals surface area (Å²) in [5.74, 6) is -0.257. The number of aryl methyl sites for hydroxylation is 1. The lowest BCUT2D eigenvalue weighted by Gasteiger charge is -2.23. The van der Waals surface area contributed by atoms with Gasteiger partial charge in [-0.1, -0.05) is 0 Å². The summed E-state index contributed by atoms with van der Waals surface area (Å²) in [5.41, 5.74) is 7.63. The minimum Gasteiger partial charge on any atom is -0.399 e. The van der Waals surface area contributed by atoms with Crippen LogP contribution in [0.1, 0.15) is 24.8 Å². The predicted octanol–water partition coefficient (Wildman–Crippen LogP) is 2.89. The first-order chi connectivity index (χ1) is 8.87. The molecule has 104 valence electrons. The molecule has 6 heteroatoms. The molecule has 0 saturated heterocycles. The maximum absolute atomic E-state index is 12.3. The predicted molar refractivity (Wildman–Crippen MR) is 66.8 cm³/mol. The fourth-order valence-electron chi connectivity index (χ4n) is 2.25. The summed E-state index contributed by atoms with van der Waals surface area (Å²) in [4.78, 5) is 13.1. The summed E-state index contributed by atoms with van der Waals surface area (Å²) < 4.78 is 37.0. The number of halogens is 3. The number of anilines is 2. The Hall–Kier alpha value is -1.72. The van der Waals surface area contributed by atoms with E-state index in [-0.39, 0.29) is 18.9 Å². The van der Waals surface area contributed by atoms with Crippen molar-refractivity contribution in [2.24, 2.45) is 0 Å². The Morgan fingerprint density at radius 3 is 2.68 bits per heavy atom. The molecule has 0 spiro atoms. The van der Waals surface area contributed by atoms with Gasteiger partial charge >= 0.3 is 6.18 Å². The van der Waals surface area contributed by atoms with E-state index in [0.717, 1.165) is 5.56 Å². The van der Waals surface area contributed by atoms with Crippen molar-refractivity contribution in [1.29, 1.82) is 0 Å². The van der Waals surface area contributed by atoms with Crippen molar-refractivity contribution < 1.29 is 18.0 Å². The molecule has 0 aliphatic carbocycles. The molecule has 1 amide bonds. The van der Waals surface area contributed by atoms with Crippen LogP contribution in [0.4, 0.5) is 24.5 Å². The van der Waals surface area contributed by atoms with Gasteiger partial charge < -0.3 is 10.6 Å². The molecule has 0 aromatic heterocycles. The van der Waals surface area contributed by atoms with Gasteiger partial charge in [-0.05, 0) is 36.6 Å². The van der Waals surface area contributed by atoms with E-state index < -0.39 is 12.6 Å². The molecule has 0 bridgehead atoms. The number of hydrogen-bond donors (Lipinski definition) is 1. The van der Waals surface area contributed by atoms with Crippen LogP contribution >= 0.6 is 0 Å². The van der Waals surface area contributed by atoms with Gasteiger partial charge in [-0.2, -0.15) is 13.2 Å². The summed E-state index contributed by atoms with van der Waals surface area (Å²) in [7, 11) is 0. The second kappa shape index (κ2) is 5.11. The molecule has 1 aromatic carbocycles. The number of carbonyl (C=O) groups excluding carboxylic acids is 1. The highest BCUT2D eigenvalue weighted by atomic mass is 19.4. The monoisotopic (exact) mass is 272 g/mol. The lowest BCUT2D eigenvalue weighted by Crippen LogP contribution is -2.33. The number of alkyl halides is 3. The Morgan fingerprint density at radius 2 is 2.00 bits per heavy atom. The first kappa shape index (κ1) is 13.7. The Labute approximate surface area is 109 Å². The number of nitrogens with zero attached hydrogens (tertiary/aromatic N) is 1. The summed E-state index contributed by atoms with van der Waals surface area (Å²) in [6.45, 7) is -0.334. The van der Waals surface area contributed by atoms with Crippen LogP contribution in [-0.4, -0.2) is 18.6 Å². The Bertz CT molecular complexity index is 485. The lowest BCUT2D eigenvalue weighted by molar-refractivity contribution is -0.133. The van der Waals surface area contributed by atoms with Crippen LogP contribution in [0.2, 0.25) is 0 Å².